The van der Waals surface area contributed by atoms with E-state index < -0.39 is 0 Å². The maximum Gasteiger partial charge on any atom is 0.238 e. The summed E-state index contributed by atoms with van der Waals surface area (Å²) in [5, 5.41) is 3.39. The Hall–Kier alpha value is -8.87. The van der Waals surface area contributed by atoms with Crippen LogP contribution in [-0.4, -0.2) is 24.1 Å². The molecule has 0 radical (unpaired) electrons. The van der Waals surface area contributed by atoms with Crippen LogP contribution in [-0.2, 0) is 6.54 Å². The Morgan fingerprint density at radius 3 is 1.91 bits per heavy atom. The summed E-state index contributed by atoms with van der Waals surface area (Å²) in [5.41, 5.74) is 17.9. The molecule has 1 aliphatic heterocycles. The van der Waals surface area contributed by atoms with Gasteiger partial charge in [0.15, 0.2) is 11.6 Å². The third-order valence-electron chi connectivity index (χ3n) is 14.2. The monoisotopic (exact) mass is 900 g/mol. The van der Waals surface area contributed by atoms with Crippen LogP contribution in [0.25, 0.3) is 89.9 Å². The van der Waals surface area contributed by atoms with Gasteiger partial charge < -0.3 is 9.47 Å². The Morgan fingerprint density at radius 1 is 0.500 bits per heavy atom. The average Bonchev–Trinajstić information content (AvgIpc) is 3.95. The van der Waals surface area contributed by atoms with Crippen LogP contribution in [0.4, 0.5) is 5.69 Å². The first-order valence-electron chi connectivity index (χ1n) is 24.3. The topological polar surface area (TPSA) is 51.8 Å². The molecule has 0 atom stereocenters. The second kappa shape index (κ2) is 17.3. The normalized spacial score (nSPS) is 15.3. The van der Waals surface area contributed by atoms with E-state index in [1.807, 2.05) is 6.07 Å². The molecule has 2 aliphatic carbocycles. The number of allylic oxidation sites excluding steroid dienone is 9. The van der Waals surface area contributed by atoms with E-state index >= 15 is 0 Å². The predicted molar refractivity (Wildman–Crippen MR) is 291 cm³/mol. The van der Waals surface area contributed by atoms with E-state index in [0.717, 1.165) is 97.8 Å². The largest absolute Gasteiger partial charge is 0.335 e. The minimum absolute atomic E-state index is 0.511. The van der Waals surface area contributed by atoms with Gasteiger partial charge in [0.25, 0.3) is 0 Å². The van der Waals surface area contributed by atoms with Gasteiger partial charge in [0.1, 0.15) is 0 Å². The maximum atomic E-state index is 5.62. The van der Waals surface area contributed by atoms with Crippen LogP contribution >= 0.6 is 0 Å². The Balaban J connectivity index is 1.08. The van der Waals surface area contributed by atoms with Crippen molar-refractivity contribution in [2.45, 2.75) is 32.2 Å². The highest BCUT2D eigenvalue weighted by atomic mass is 15.2. The van der Waals surface area contributed by atoms with Gasteiger partial charge in [-0.2, -0.15) is 9.97 Å². The van der Waals surface area contributed by atoms with Crippen molar-refractivity contribution < 1.29 is 0 Å². The molecule has 13 rings (SSSR count). The SMILES string of the molecule is C=C1/C=C\c2c(n(-c3nc(-c4ccccc4)nc(-c4cccc5c4c4ccccc4n5C4=CC=CCC4)n3)c3ccccc23)CN(C2=CCCC(c3ccccc3)=C2c2ccccc2)c2ccccc21. The van der Waals surface area contributed by atoms with Crippen molar-refractivity contribution in [1.29, 1.82) is 0 Å². The molecule has 0 unspecified atom stereocenters. The van der Waals surface area contributed by atoms with Crippen molar-refractivity contribution in [3.05, 3.63) is 253 Å². The third kappa shape index (κ3) is 6.99. The first-order chi connectivity index (χ1) is 34.7. The fraction of sp³-hybridized carbons (Fsp3) is 0.0781. The zero-order chi connectivity index (χ0) is 46.5. The number of rotatable bonds is 7. The Labute approximate surface area is 407 Å². The number of anilines is 1. The summed E-state index contributed by atoms with van der Waals surface area (Å²) < 4.78 is 4.73. The van der Waals surface area contributed by atoms with E-state index in [1.54, 1.807) is 0 Å². The van der Waals surface area contributed by atoms with E-state index in [1.165, 1.54) is 33.5 Å². The smallest absolute Gasteiger partial charge is 0.238 e. The van der Waals surface area contributed by atoms with E-state index in [4.69, 9.17) is 21.5 Å². The fourth-order valence-electron chi connectivity index (χ4n) is 11.0. The second-order valence-corrected chi connectivity index (χ2v) is 18.2. The summed E-state index contributed by atoms with van der Waals surface area (Å²) in [5.74, 6) is 1.79. The van der Waals surface area contributed by atoms with Gasteiger partial charge in [-0.1, -0.05) is 195 Å². The lowest BCUT2D eigenvalue weighted by molar-refractivity contribution is 0.821. The number of fused-ring (bicyclic) bond motifs is 7. The summed E-state index contributed by atoms with van der Waals surface area (Å²) in [6.45, 7) is 5.22. The van der Waals surface area contributed by atoms with Gasteiger partial charge in [-0.3, -0.25) is 4.57 Å². The fourth-order valence-corrected chi connectivity index (χ4v) is 11.0. The highest BCUT2D eigenvalue weighted by molar-refractivity contribution is 6.16. The average molecular weight is 901 g/mol. The number of para-hydroxylation sites is 3. The van der Waals surface area contributed by atoms with Gasteiger partial charge in [0, 0.05) is 61.1 Å². The van der Waals surface area contributed by atoms with Gasteiger partial charge in [0.2, 0.25) is 5.95 Å². The second-order valence-electron chi connectivity index (χ2n) is 18.2. The van der Waals surface area contributed by atoms with Gasteiger partial charge in [-0.05, 0) is 78.3 Å². The summed E-state index contributed by atoms with van der Waals surface area (Å²) in [6, 6.07) is 64.8. The van der Waals surface area contributed by atoms with Crippen molar-refractivity contribution >= 4 is 66.9 Å². The zero-order valence-electron chi connectivity index (χ0n) is 38.7. The molecule has 0 saturated carbocycles. The van der Waals surface area contributed by atoms with E-state index in [-0.39, 0.29) is 0 Å². The summed E-state index contributed by atoms with van der Waals surface area (Å²) in [7, 11) is 0. The van der Waals surface area contributed by atoms with Crippen LogP contribution < -0.4 is 4.90 Å². The minimum Gasteiger partial charge on any atom is -0.335 e. The quantitative estimate of drug-likeness (QED) is 0.160. The van der Waals surface area contributed by atoms with E-state index in [0.29, 0.717) is 24.1 Å². The van der Waals surface area contributed by atoms with Crippen molar-refractivity contribution in [2.24, 2.45) is 0 Å². The molecule has 0 saturated heterocycles. The van der Waals surface area contributed by atoms with Crippen LogP contribution in [0, 0.1) is 0 Å². The van der Waals surface area contributed by atoms with Crippen LogP contribution in [0.1, 0.15) is 53.6 Å². The highest BCUT2D eigenvalue weighted by Crippen LogP contribution is 2.46. The number of hydrogen-bond donors (Lipinski definition) is 0. The summed E-state index contributed by atoms with van der Waals surface area (Å²) >= 11 is 0. The molecule has 70 heavy (non-hydrogen) atoms. The molecule has 0 amide bonds. The molecule has 7 aromatic carbocycles. The van der Waals surface area contributed by atoms with Crippen molar-refractivity contribution in [2.75, 3.05) is 4.90 Å². The predicted octanol–water partition coefficient (Wildman–Crippen LogP) is 15.8. The Bertz CT molecular complexity index is 3860. The lowest BCUT2D eigenvalue weighted by Crippen LogP contribution is -2.27. The van der Waals surface area contributed by atoms with E-state index in [9.17, 15) is 0 Å². The summed E-state index contributed by atoms with van der Waals surface area (Å²) in [6.07, 6.45) is 17.3. The first-order valence-corrected chi connectivity index (χ1v) is 24.3. The van der Waals surface area contributed by atoms with Crippen LogP contribution in [0.2, 0.25) is 0 Å². The standard InChI is InChI=1S/C64H48N6/c1-43-40-41-51-50-31-15-18-36-55(50)70(59(51)42-68(54-35-17-14-30-48(43)54)57-38-20-33-49(44-22-6-2-7-23-44)60(57)45-24-8-3-9-25-45)64-66-62(46-26-10-4-11-27-46)65-63(67-64)53-34-21-39-58-61(53)52-32-16-19-37-56(52)69(58)47-28-12-5-13-29-47/h2-12,14-19,21-28,30-32,34-41H,1,13,20,29,33,42H2/b41-40-. The van der Waals surface area contributed by atoms with Gasteiger partial charge in [-0.25, -0.2) is 4.98 Å². The van der Waals surface area contributed by atoms with Gasteiger partial charge in [0.05, 0.1) is 28.8 Å². The molecule has 334 valence electrons. The Morgan fingerprint density at radius 2 is 1.14 bits per heavy atom. The van der Waals surface area contributed by atoms with Crippen molar-refractivity contribution in [3.63, 3.8) is 0 Å². The number of benzene rings is 7. The molecule has 4 heterocycles. The van der Waals surface area contributed by atoms with Gasteiger partial charge >= 0.3 is 0 Å². The van der Waals surface area contributed by atoms with Crippen molar-refractivity contribution in [3.8, 4) is 28.7 Å². The molecule has 3 aromatic heterocycles. The molecule has 0 N–H and O–H groups in total. The van der Waals surface area contributed by atoms with Crippen LogP contribution in [0.15, 0.2) is 225 Å². The van der Waals surface area contributed by atoms with Crippen molar-refractivity contribution in [1.82, 2.24) is 24.1 Å². The molecule has 0 bridgehead atoms. The number of nitrogens with zero attached hydrogens (tertiary/aromatic N) is 6. The highest BCUT2D eigenvalue weighted by Gasteiger charge is 2.31. The van der Waals surface area contributed by atoms with Crippen LogP contribution in [0.3, 0.4) is 0 Å². The molecule has 0 fully saturated rings. The molecule has 10 aromatic rings. The number of hydrogen-bond acceptors (Lipinski definition) is 4. The molecular formula is C64H48N6. The maximum absolute atomic E-state index is 5.62. The minimum atomic E-state index is 0.511. The molecule has 3 aliphatic rings. The molecule has 0 spiro atoms. The van der Waals surface area contributed by atoms with Gasteiger partial charge in [-0.15, -0.1) is 0 Å². The molecule has 6 nitrogen and oxygen atoms in total. The van der Waals surface area contributed by atoms with Crippen LogP contribution in [0.5, 0.6) is 0 Å². The Kier molecular flexibility index (Phi) is 10.2. The first kappa shape index (κ1) is 41.3. The lowest BCUT2D eigenvalue weighted by Gasteiger charge is -2.35. The lowest BCUT2D eigenvalue weighted by atomic mass is 9.85. The third-order valence-corrected chi connectivity index (χ3v) is 14.2. The number of aromatic nitrogens is 5. The molecule has 6 heteroatoms. The summed E-state index contributed by atoms with van der Waals surface area (Å²) in [4.78, 5) is 19.0. The van der Waals surface area contributed by atoms with E-state index in [2.05, 4.69) is 226 Å². The molecular weight excluding hydrogens is 853 g/mol. The zero-order valence-corrected chi connectivity index (χ0v) is 38.7.